The second kappa shape index (κ2) is 6.85. The number of carbonyl (C=O) groups excluding carboxylic acids is 1. The summed E-state index contributed by atoms with van der Waals surface area (Å²) in [5.74, 6) is 0.887. The van der Waals surface area contributed by atoms with Crippen LogP contribution in [0.25, 0.3) is 0 Å². The second-order valence-corrected chi connectivity index (χ2v) is 5.24. The van der Waals surface area contributed by atoms with Crippen molar-refractivity contribution >= 4 is 23.4 Å². The minimum Gasteiger partial charge on any atom is -0.298 e. The minimum absolute atomic E-state index is 0.142. The van der Waals surface area contributed by atoms with Crippen molar-refractivity contribution in [2.45, 2.75) is 11.8 Å². The molecule has 2 rings (SSSR count). The van der Waals surface area contributed by atoms with Crippen LogP contribution in [0.5, 0.6) is 0 Å². The zero-order valence-electron chi connectivity index (χ0n) is 10.7. The van der Waals surface area contributed by atoms with E-state index in [1.807, 2.05) is 54.6 Å². The highest BCUT2D eigenvalue weighted by atomic mass is 32.2. The highest BCUT2D eigenvalue weighted by molar-refractivity contribution is 7.99. The molecule has 0 aliphatic heterocycles. The second-order valence-electron chi connectivity index (χ2n) is 3.90. The Kier molecular flexibility index (Phi) is 4.86. The molecule has 0 atom stereocenters. The highest BCUT2D eigenvalue weighted by Gasteiger charge is 2.04. The van der Waals surface area contributed by atoms with Crippen molar-refractivity contribution in [1.82, 2.24) is 5.43 Å². The van der Waals surface area contributed by atoms with E-state index in [-0.39, 0.29) is 5.91 Å². The highest BCUT2D eigenvalue weighted by Crippen LogP contribution is 2.17. The number of anilines is 1. The normalized spacial score (nSPS) is 9.95. The first-order chi connectivity index (χ1) is 9.29. The number of hydrazine groups is 1. The Morgan fingerprint density at radius 1 is 1.05 bits per heavy atom. The summed E-state index contributed by atoms with van der Waals surface area (Å²) in [5.41, 5.74) is 7.05. The number of carbonyl (C=O) groups is 1. The van der Waals surface area contributed by atoms with Gasteiger partial charge in [0.2, 0.25) is 0 Å². The van der Waals surface area contributed by atoms with Crippen LogP contribution < -0.4 is 10.9 Å². The Balaban J connectivity index is 1.92. The summed E-state index contributed by atoms with van der Waals surface area (Å²) in [7, 11) is 0. The molecule has 2 aromatic rings. The summed E-state index contributed by atoms with van der Waals surface area (Å²) < 4.78 is 0. The average Bonchev–Trinajstić information content (AvgIpc) is 2.47. The fourth-order valence-electron chi connectivity index (χ4n) is 1.59. The Bertz CT molecular complexity index is 526. The molecule has 0 bridgehead atoms. The van der Waals surface area contributed by atoms with Gasteiger partial charge < -0.3 is 0 Å². The van der Waals surface area contributed by atoms with Crippen molar-refractivity contribution in [2.75, 3.05) is 11.2 Å². The number of amides is 1. The van der Waals surface area contributed by atoms with E-state index in [1.54, 1.807) is 11.8 Å². The number of para-hydroxylation sites is 1. The molecule has 0 heterocycles. The summed E-state index contributed by atoms with van der Waals surface area (Å²) in [6, 6.07) is 17.1. The molecule has 0 saturated heterocycles. The molecular formula is C15H16N2OS. The van der Waals surface area contributed by atoms with Gasteiger partial charge in [0.15, 0.2) is 0 Å². The van der Waals surface area contributed by atoms with Crippen LogP contribution in [0.2, 0.25) is 0 Å². The van der Waals surface area contributed by atoms with Crippen LogP contribution in [0.3, 0.4) is 0 Å². The van der Waals surface area contributed by atoms with E-state index in [9.17, 15) is 4.79 Å². The first-order valence-corrected chi connectivity index (χ1v) is 7.12. The van der Waals surface area contributed by atoms with Crippen LogP contribution in [-0.2, 0) is 0 Å². The number of hydrogen-bond acceptors (Lipinski definition) is 3. The van der Waals surface area contributed by atoms with Gasteiger partial charge in [-0.05, 0) is 42.2 Å². The van der Waals surface area contributed by atoms with Crippen molar-refractivity contribution in [1.29, 1.82) is 0 Å². The lowest BCUT2D eigenvalue weighted by molar-refractivity contribution is 0.0962. The number of benzene rings is 2. The standard InChI is InChI=1S/C15H16N2OS/c1-2-19-14-10-8-12(9-11-14)15(18)17-16-13-6-4-3-5-7-13/h3-11,16H,2H2,1H3,(H,17,18). The molecule has 0 fully saturated rings. The molecule has 3 nitrogen and oxygen atoms in total. The third-order valence-electron chi connectivity index (χ3n) is 2.52. The molecule has 2 aromatic carbocycles. The predicted molar refractivity (Wildman–Crippen MR) is 80.4 cm³/mol. The van der Waals surface area contributed by atoms with E-state index >= 15 is 0 Å². The SMILES string of the molecule is CCSc1ccc(C(=O)NNc2ccccc2)cc1. The van der Waals surface area contributed by atoms with Gasteiger partial charge in [-0.1, -0.05) is 25.1 Å². The maximum atomic E-state index is 11.9. The Morgan fingerprint density at radius 2 is 1.74 bits per heavy atom. The molecular weight excluding hydrogens is 256 g/mol. The van der Waals surface area contributed by atoms with Gasteiger partial charge in [-0.3, -0.25) is 15.6 Å². The smallest absolute Gasteiger partial charge is 0.269 e. The average molecular weight is 272 g/mol. The lowest BCUT2D eigenvalue weighted by Crippen LogP contribution is -2.29. The third-order valence-corrected chi connectivity index (χ3v) is 3.42. The molecule has 0 saturated carbocycles. The van der Waals surface area contributed by atoms with Gasteiger partial charge in [-0.15, -0.1) is 11.8 Å². The molecule has 0 spiro atoms. The number of rotatable bonds is 5. The Morgan fingerprint density at radius 3 is 2.37 bits per heavy atom. The fraction of sp³-hybridized carbons (Fsp3) is 0.133. The molecule has 2 N–H and O–H groups in total. The number of thioether (sulfide) groups is 1. The van der Waals surface area contributed by atoms with Crippen molar-refractivity contribution in [3.63, 3.8) is 0 Å². The Hall–Kier alpha value is -1.94. The van der Waals surface area contributed by atoms with Gasteiger partial charge in [0, 0.05) is 10.5 Å². The van der Waals surface area contributed by atoms with Crippen LogP contribution in [0, 0.1) is 0 Å². The molecule has 0 aliphatic carbocycles. The van der Waals surface area contributed by atoms with E-state index < -0.39 is 0 Å². The maximum absolute atomic E-state index is 11.9. The van der Waals surface area contributed by atoms with Gasteiger partial charge in [-0.25, -0.2) is 0 Å². The van der Waals surface area contributed by atoms with E-state index in [0.29, 0.717) is 5.56 Å². The zero-order valence-corrected chi connectivity index (χ0v) is 11.5. The number of hydrogen-bond donors (Lipinski definition) is 2. The van der Waals surface area contributed by atoms with E-state index in [0.717, 1.165) is 11.4 Å². The van der Waals surface area contributed by atoms with Crippen molar-refractivity contribution in [3.05, 3.63) is 60.2 Å². The van der Waals surface area contributed by atoms with Crippen molar-refractivity contribution < 1.29 is 4.79 Å². The minimum atomic E-state index is -0.142. The molecule has 0 unspecified atom stereocenters. The summed E-state index contributed by atoms with van der Waals surface area (Å²) >= 11 is 1.76. The summed E-state index contributed by atoms with van der Waals surface area (Å²) in [4.78, 5) is 13.1. The van der Waals surface area contributed by atoms with Gasteiger partial charge >= 0.3 is 0 Å². The van der Waals surface area contributed by atoms with E-state index in [4.69, 9.17) is 0 Å². The van der Waals surface area contributed by atoms with E-state index in [1.165, 1.54) is 4.90 Å². The van der Waals surface area contributed by atoms with Gasteiger partial charge in [-0.2, -0.15) is 0 Å². The molecule has 98 valence electrons. The maximum Gasteiger partial charge on any atom is 0.269 e. The predicted octanol–water partition coefficient (Wildman–Crippen LogP) is 3.56. The van der Waals surface area contributed by atoms with Gasteiger partial charge in [0.05, 0.1) is 5.69 Å². The fourth-order valence-corrected chi connectivity index (χ4v) is 2.25. The molecule has 4 heteroatoms. The molecule has 1 amide bonds. The van der Waals surface area contributed by atoms with Crippen molar-refractivity contribution in [3.8, 4) is 0 Å². The third kappa shape index (κ3) is 4.03. The van der Waals surface area contributed by atoms with Gasteiger partial charge in [0.25, 0.3) is 5.91 Å². The zero-order chi connectivity index (χ0) is 13.5. The summed E-state index contributed by atoms with van der Waals surface area (Å²) in [6.07, 6.45) is 0. The number of nitrogens with one attached hydrogen (secondary N) is 2. The molecule has 0 aromatic heterocycles. The van der Waals surface area contributed by atoms with Gasteiger partial charge in [0.1, 0.15) is 0 Å². The van der Waals surface area contributed by atoms with Crippen LogP contribution in [0.4, 0.5) is 5.69 Å². The first kappa shape index (κ1) is 13.5. The quantitative estimate of drug-likeness (QED) is 0.646. The largest absolute Gasteiger partial charge is 0.298 e. The summed E-state index contributed by atoms with van der Waals surface area (Å²) in [5, 5.41) is 0. The summed E-state index contributed by atoms with van der Waals surface area (Å²) in [6.45, 7) is 2.11. The monoisotopic (exact) mass is 272 g/mol. The molecule has 0 radical (unpaired) electrons. The van der Waals surface area contributed by atoms with Crippen LogP contribution >= 0.6 is 11.8 Å². The molecule has 19 heavy (non-hydrogen) atoms. The van der Waals surface area contributed by atoms with Crippen LogP contribution in [-0.4, -0.2) is 11.7 Å². The Labute approximate surface area is 117 Å². The van der Waals surface area contributed by atoms with Crippen LogP contribution in [0.15, 0.2) is 59.5 Å². The van der Waals surface area contributed by atoms with E-state index in [2.05, 4.69) is 17.8 Å². The van der Waals surface area contributed by atoms with Crippen molar-refractivity contribution in [2.24, 2.45) is 0 Å². The lowest BCUT2D eigenvalue weighted by atomic mass is 10.2. The molecule has 0 aliphatic rings. The lowest BCUT2D eigenvalue weighted by Gasteiger charge is -2.08. The topological polar surface area (TPSA) is 41.1 Å². The first-order valence-electron chi connectivity index (χ1n) is 6.14. The van der Waals surface area contributed by atoms with Crippen LogP contribution in [0.1, 0.15) is 17.3 Å².